The summed E-state index contributed by atoms with van der Waals surface area (Å²) in [5.74, 6) is -0.940. The largest absolute Gasteiger partial charge is 0.478 e. The van der Waals surface area contributed by atoms with E-state index in [1.807, 2.05) is 21.1 Å². The van der Waals surface area contributed by atoms with Crippen LogP contribution < -0.4 is 0 Å². The number of likely N-dealkylation sites (N-methyl/N-ethyl adjacent to an activating group) is 2. The van der Waals surface area contributed by atoms with Crippen LogP contribution in [0.1, 0.15) is 16.1 Å². The van der Waals surface area contributed by atoms with Gasteiger partial charge in [-0.25, -0.2) is 4.79 Å². The zero-order chi connectivity index (χ0) is 12.8. The Morgan fingerprint density at radius 1 is 1.29 bits per heavy atom. The van der Waals surface area contributed by atoms with E-state index in [1.165, 1.54) is 6.20 Å². The molecule has 1 rings (SSSR count). The Bertz CT molecular complexity index is 363. The van der Waals surface area contributed by atoms with E-state index in [1.54, 1.807) is 12.1 Å². The normalized spacial score (nSPS) is 11.1. The molecule has 0 spiro atoms. The van der Waals surface area contributed by atoms with Crippen molar-refractivity contribution in [3.05, 3.63) is 29.6 Å². The molecule has 0 saturated heterocycles. The highest BCUT2D eigenvalue weighted by atomic mass is 16.4. The van der Waals surface area contributed by atoms with E-state index in [0.29, 0.717) is 0 Å². The highest BCUT2D eigenvalue weighted by Crippen LogP contribution is 2.03. The molecule has 0 aliphatic carbocycles. The molecule has 1 heterocycles. The van der Waals surface area contributed by atoms with E-state index >= 15 is 0 Å². The van der Waals surface area contributed by atoms with Gasteiger partial charge < -0.3 is 10.0 Å². The van der Waals surface area contributed by atoms with E-state index < -0.39 is 5.97 Å². The first-order valence-corrected chi connectivity index (χ1v) is 5.50. The lowest BCUT2D eigenvalue weighted by atomic mass is 10.2. The lowest BCUT2D eigenvalue weighted by molar-refractivity contribution is 0.0696. The summed E-state index contributed by atoms with van der Waals surface area (Å²) in [6, 6.07) is 3.35. The van der Waals surface area contributed by atoms with Gasteiger partial charge >= 0.3 is 5.97 Å². The molecule has 0 aliphatic heterocycles. The molecule has 0 saturated carbocycles. The maximum atomic E-state index is 10.7. The average Bonchev–Trinajstić information content (AvgIpc) is 2.27. The van der Waals surface area contributed by atoms with Crippen LogP contribution in [0.25, 0.3) is 0 Å². The fraction of sp³-hybridized carbons (Fsp3) is 0.500. The second kappa shape index (κ2) is 6.32. The van der Waals surface area contributed by atoms with Crippen molar-refractivity contribution in [2.45, 2.75) is 6.54 Å². The molecule has 1 aromatic heterocycles. The number of aromatic carboxylic acids is 1. The molecule has 0 bridgehead atoms. The smallest absolute Gasteiger partial charge is 0.337 e. The second-order valence-corrected chi connectivity index (χ2v) is 4.38. The van der Waals surface area contributed by atoms with Gasteiger partial charge in [0, 0.05) is 25.8 Å². The summed E-state index contributed by atoms with van der Waals surface area (Å²) in [5.41, 5.74) is 1.11. The fourth-order valence-electron chi connectivity index (χ4n) is 1.37. The summed E-state index contributed by atoms with van der Waals surface area (Å²) < 4.78 is 0. The molecule has 5 nitrogen and oxygen atoms in total. The third-order valence-electron chi connectivity index (χ3n) is 2.43. The van der Waals surface area contributed by atoms with Gasteiger partial charge in [-0.1, -0.05) is 0 Å². The van der Waals surface area contributed by atoms with E-state index in [9.17, 15) is 4.79 Å². The van der Waals surface area contributed by atoms with Crippen LogP contribution in [0.2, 0.25) is 0 Å². The minimum atomic E-state index is -0.940. The third kappa shape index (κ3) is 4.93. The Hall–Kier alpha value is -1.46. The molecule has 5 heteroatoms. The summed E-state index contributed by atoms with van der Waals surface area (Å²) in [5, 5.41) is 8.75. The van der Waals surface area contributed by atoms with Crippen LogP contribution in [0, 0.1) is 0 Å². The summed E-state index contributed by atoms with van der Waals surface area (Å²) in [7, 11) is 6.10. The monoisotopic (exact) mass is 237 g/mol. The van der Waals surface area contributed by atoms with Crippen molar-refractivity contribution in [2.24, 2.45) is 0 Å². The van der Waals surface area contributed by atoms with Gasteiger partial charge in [0.2, 0.25) is 0 Å². The van der Waals surface area contributed by atoms with Crippen LogP contribution in [0.3, 0.4) is 0 Å². The summed E-state index contributed by atoms with van der Waals surface area (Å²) in [4.78, 5) is 19.1. The molecule has 0 radical (unpaired) electrons. The highest BCUT2D eigenvalue weighted by molar-refractivity contribution is 5.87. The predicted molar refractivity (Wildman–Crippen MR) is 66.1 cm³/mol. The standard InChI is InChI=1S/C12H19N3O2/c1-14(2)6-7-15(3)9-11-5-4-10(8-13-11)12(16)17/h4-5,8H,6-7,9H2,1-3H3,(H,16,17). The minimum absolute atomic E-state index is 0.227. The quantitative estimate of drug-likeness (QED) is 0.792. The molecule has 0 fully saturated rings. The number of aromatic nitrogens is 1. The molecule has 0 atom stereocenters. The van der Waals surface area contributed by atoms with Crippen molar-refractivity contribution >= 4 is 5.97 Å². The molecule has 1 N–H and O–H groups in total. The number of pyridine rings is 1. The number of hydrogen-bond donors (Lipinski definition) is 1. The van der Waals surface area contributed by atoms with Gasteiger partial charge in [0.25, 0.3) is 0 Å². The first-order chi connectivity index (χ1) is 7.99. The number of nitrogens with zero attached hydrogens (tertiary/aromatic N) is 3. The summed E-state index contributed by atoms with van der Waals surface area (Å²) >= 11 is 0. The SMILES string of the molecule is CN(C)CCN(C)Cc1ccc(C(=O)O)cn1. The molecule has 94 valence electrons. The van der Waals surface area contributed by atoms with Gasteiger partial charge in [-0.15, -0.1) is 0 Å². The molecule has 0 unspecified atom stereocenters. The Balaban J connectivity index is 2.48. The fourth-order valence-corrected chi connectivity index (χ4v) is 1.37. The van der Waals surface area contributed by atoms with Crippen LogP contribution in [-0.2, 0) is 6.54 Å². The molecule has 17 heavy (non-hydrogen) atoms. The van der Waals surface area contributed by atoms with E-state index in [-0.39, 0.29) is 5.56 Å². The van der Waals surface area contributed by atoms with Crippen molar-refractivity contribution in [3.8, 4) is 0 Å². The molecular formula is C12H19N3O2. The number of rotatable bonds is 6. The first-order valence-electron chi connectivity index (χ1n) is 5.50. The van der Waals surface area contributed by atoms with Gasteiger partial charge in [0.1, 0.15) is 0 Å². The average molecular weight is 237 g/mol. The van der Waals surface area contributed by atoms with Gasteiger partial charge in [-0.05, 0) is 33.3 Å². The van der Waals surface area contributed by atoms with Gasteiger partial charge in [0.05, 0.1) is 11.3 Å². The lowest BCUT2D eigenvalue weighted by Gasteiger charge is -2.18. The van der Waals surface area contributed by atoms with E-state index in [2.05, 4.69) is 14.8 Å². The van der Waals surface area contributed by atoms with Crippen LogP contribution in [0.15, 0.2) is 18.3 Å². The summed E-state index contributed by atoms with van der Waals surface area (Å²) in [6.45, 7) is 2.67. The third-order valence-corrected chi connectivity index (χ3v) is 2.43. The van der Waals surface area contributed by atoms with Crippen LogP contribution in [0.4, 0.5) is 0 Å². The zero-order valence-electron chi connectivity index (χ0n) is 10.6. The Morgan fingerprint density at radius 2 is 2.00 bits per heavy atom. The number of carbonyl (C=O) groups is 1. The van der Waals surface area contributed by atoms with Crippen molar-refractivity contribution in [1.82, 2.24) is 14.8 Å². The minimum Gasteiger partial charge on any atom is -0.478 e. The van der Waals surface area contributed by atoms with Crippen molar-refractivity contribution in [1.29, 1.82) is 0 Å². The Morgan fingerprint density at radius 3 is 2.47 bits per heavy atom. The van der Waals surface area contributed by atoms with Crippen LogP contribution in [-0.4, -0.2) is 60.1 Å². The van der Waals surface area contributed by atoms with E-state index in [4.69, 9.17) is 5.11 Å². The Labute approximate surface area is 102 Å². The van der Waals surface area contributed by atoms with Crippen molar-refractivity contribution in [3.63, 3.8) is 0 Å². The molecule has 0 amide bonds. The van der Waals surface area contributed by atoms with E-state index in [0.717, 1.165) is 25.3 Å². The Kier molecular flexibility index (Phi) is 5.06. The molecular weight excluding hydrogens is 218 g/mol. The zero-order valence-corrected chi connectivity index (χ0v) is 10.6. The maximum Gasteiger partial charge on any atom is 0.337 e. The molecule has 1 aromatic rings. The second-order valence-electron chi connectivity index (χ2n) is 4.38. The maximum absolute atomic E-state index is 10.7. The summed E-state index contributed by atoms with van der Waals surface area (Å²) in [6.07, 6.45) is 1.40. The van der Waals surface area contributed by atoms with Crippen LogP contribution in [0.5, 0.6) is 0 Å². The highest BCUT2D eigenvalue weighted by Gasteiger charge is 2.05. The number of carboxylic acid groups (broad SMARTS) is 1. The van der Waals surface area contributed by atoms with Gasteiger partial charge in [-0.2, -0.15) is 0 Å². The first kappa shape index (κ1) is 13.6. The van der Waals surface area contributed by atoms with Gasteiger partial charge in [-0.3, -0.25) is 9.88 Å². The number of carboxylic acids is 1. The van der Waals surface area contributed by atoms with Crippen molar-refractivity contribution < 1.29 is 9.90 Å². The van der Waals surface area contributed by atoms with Crippen molar-refractivity contribution in [2.75, 3.05) is 34.2 Å². The van der Waals surface area contributed by atoms with Crippen LogP contribution >= 0.6 is 0 Å². The number of hydrogen-bond acceptors (Lipinski definition) is 4. The van der Waals surface area contributed by atoms with Gasteiger partial charge in [0.15, 0.2) is 0 Å². The molecule has 0 aromatic carbocycles. The topological polar surface area (TPSA) is 56.7 Å². The predicted octanol–water partition coefficient (Wildman–Crippen LogP) is 0.773. The molecule has 0 aliphatic rings. The lowest BCUT2D eigenvalue weighted by Crippen LogP contribution is -2.28.